The van der Waals surface area contributed by atoms with Gasteiger partial charge in [0.15, 0.2) is 0 Å². The Hall–Kier alpha value is -1.00. The molecule has 1 aromatic heterocycles. The van der Waals surface area contributed by atoms with Gasteiger partial charge in [-0.15, -0.1) is 0 Å². The molecule has 0 bridgehead atoms. The average molecular weight is 301 g/mol. The van der Waals surface area contributed by atoms with Crippen LogP contribution in [0.2, 0.25) is 0 Å². The summed E-state index contributed by atoms with van der Waals surface area (Å²) < 4.78 is 6.07. The minimum absolute atomic E-state index is 0.398. The van der Waals surface area contributed by atoms with Gasteiger partial charge in [-0.2, -0.15) is 0 Å². The molecule has 2 saturated carbocycles. The Morgan fingerprint density at radius 2 is 1.91 bits per heavy atom. The van der Waals surface area contributed by atoms with Gasteiger partial charge in [-0.1, -0.05) is 6.42 Å². The van der Waals surface area contributed by atoms with Crippen molar-refractivity contribution in [1.82, 2.24) is 15.3 Å². The van der Waals surface area contributed by atoms with E-state index in [-0.39, 0.29) is 0 Å². The Morgan fingerprint density at radius 3 is 2.50 bits per heavy atom. The number of hydrogen-bond acceptors (Lipinski definition) is 4. The van der Waals surface area contributed by atoms with Gasteiger partial charge < -0.3 is 10.1 Å². The smallest absolute Gasteiger partial charge is 0.131 e. The van der Waals surface area contributed by atoms with Crippen LogP contribution in [0.15, 0.2) is 12.4 Å². The highest BCUT2D eigenvalue weighted by atomic mass is 16.5. The van der Waals surface area contributed by atoms with Crippen molar-refractivity contribution >= 4 is 0 Å². The number of aromatic nitrogens is 2. The first kappa shape index (κ1) is 14.6. The number of nitrogens with zero attached hydrogens (tertiary/aromatic N) is 2. The van der Waals surface area contributed by atoms with Gasteiger partial charge >= 0.3 is 0 Å². The zero-order chi connectivity index (χ0) is 14.8. The van der Waals surface area contributed by atoms with E-state index in [0.29, 0.717) is 17.4 Å². The minimum atomic E-state index is 0.398. The van der Waals surface area contributed by atoms with Gasteiger partial charge in [-0.3, -0.25) is 0 Å². The lowest BCUT2D eigenvalue weighted by Gasteiger charge is -2.49. The quantitative estimate of drug-likeness (QED) is 0.876. The highest BCUT2D eigenvalue weighted by Gasteiger charge is 2.44. The maximum atomic E-state index is 6.07. The molecule has 1 unspecified atom stereocenters. The third-order valence-corrected chi connectivity index (χ3v) is 5.69. The second-order valence-electron chi connectivity index (χ2n) is 7.40. The van der Waals surface area contributed by atoms with Crippen molar-refractivity contribution in [3.63, 3.8) is 0 Å². The third kappa shape index (κ3) is 3.04. The predicted octanol–water partition coefficient (Wildman–Crippen LogP) is 3.18. The van der Waals surface area contributed by atoms with Crippen LogP contribution >= 0.6 is 0 Å². The first-order valence-corrected chi connectivity index (χ1v) is 8.99. The number of hydrogen-bond donors (Lipinski definition) is 1. The normalized spacial score (nSPS) is 27.4. The van der Waals surface area contributed by atoms with Gasteiger partial charge in [-0.05, 0) is 44.9 Å². The fourth-order valence-electron chi connectivity index (χ4n) is 3.93. The Balaban J connectivity index is 1.29. The number of rotatable bonds is 6. The monoisotopic (exact) mass is 301 g/mol. The van der Waals surface area contributed by atoms with Gasteiger partial charge in [0.1, 0.15) is 5.82 Å². The van der Waals surface area contributed by atoms with Crippen molar-refractivity contribution in [2.75, 3.05) is 13.2 Å². The molecule has 4 heteroatoms. The molecule has 2 aliphatic carbocycles. The van der Waals surface area contributed by atoms with E-state index in [9.17, 15) is 0 Å². The first-order valence-electron chi connectivity index (χ1n) is 8.99. The second kappa shape index (κ2) is 6.25. The fourth-order valence-corrected chi connectivity index (χ4v) is 3.93. The molecular weight excluding hydrogens is 274 g/mol. The van der Waals surface area contributed by atoms with Crippen molar-refractivity contribution in [3.05, 3.63) is 23.8 Å². The van der Waals surface area contributed by atoms with Crippen molar-refractivity contribution in [1.29, 1.82) is 0 Å². The summed E-state index contributed by atoms with van der Waals surface area (Å²) in [7, 11) is 0. The maximum Gasteiger partial charge on any atom is 0.131 e. The van der Waals surface area contributed by atoms with Crippen LogP contribution in [0, 0.1) is 5.41 Å². The summed E-state index contributed by atoms with van der Waals surface area (Å²) in [6.45, 7) is 2.91. The van der Waals surface area contributed by atoms with Crippen molar-refractivity contribution in [2.45, 2.75) is 69.9 Å². The van der Waals surface area contributed by atoms with E-state index in [1.807, 2.05) is 12.4 Å². The largest absolute Gasteiger partial charge is 0.378 e. The van der Waals surface area contributed by atoms with Gasteiger partial charge in [0.05, 0.1) is 6.10 Å². The van der Waals surface area contributed by atoms with Crippen LogP contribution < -0.4 is 5.32 Å². The number of ether oxygens (including phenoxy) is 1. The second-order valence-corrected chi connectivity index (χ2v) is 7.40. The van der Waals surface area contributed by atoms with Crippen LogP contribution in [0.5, 0.6) is 0 Å². The molecule has 3 aliphatic rings. The standard InChI is InChI=1S/C18H27N3O/c1-2-9-22-16(4-1)18(7-3-8-18)13-19-10-14-11-20-17(21-12-14)15-5-6-15/h11-12,15-16,19H,1-10,13H2. The summed E-state index contributed by atoms with van der Waals surface area (Å²) in [6, 6.07) is 0. The molecule has 1 aromatic rings. The van der Waals surface area contributed by atoms with E-state index in [4.69, 9.17) is 4.74 Å². The highest BCUT2D eigenvalue weighted by Crippen LogP contribution is 2.47. The van der Waals surface area contributed by atoms with E-state index in [1.165, 1.54) is 56.9 Å². The van der Waals surface area contributed by atoms with E-state index < -0.39 is 0 Å². The molecule has 3 fully saturated rings. The molecule has 1 aliphatic heterocycles. The Bertz CT molecular complexity index is 488. The molecule has 2 heterocycles. The molecule has 1 saturated heterocycles. The van der Waals surface area contributed by atoms with Crippen LogP contribution in [0.1, 0.15) is 68.7 Å². The Kier molecular flexibility index (Phi) is 4.14. The van der Waals surface area contributed by atoms with Crippen LogP contribution in [-0.2, 0) is 11.3 Å². The lowest BCUT2D eigenvalue weighted by atomic mass is 9.63. The molecule has 1 N–H and O–H groups in total. The fraction of sp³-hybridized carbons (Fsp3) is 0.778. The Morgan fingerprint density at radius 1 is 1.09 bits per heavy atom. The molecule has 0 amide bonds. The molecule has 0 aromatic carbocycles. The predicted molar refractivity (Wildman–Crippen MR) is 85.6 cm³/mol. The average Bonchev–Trinajstić information content (AvgIpc) is 3.36. The molecule has 1 atom stereocenters. The Labute approximate surface area is 133 Å². The molecule has 0 radical (unpaired) electrons. The first-order chi connectivity index (χ1) is 10.9. The maximum absolute atomic E-state index is 6.07. The molecule has 0 spiro atoms. The SMILES string of the molecule is c1nc(C2CC2)ncc1CNCC1(C2CCCCO2)CCC1. The van der Waals surface area contributed by atoms with Crippen LogP contribution in [0.4, 0.5) is 0 Å². The zero-order valence-corrected chi connectivity index (χ0v) is 13.4. The zero-order valence-electron chi connectivity index (χ0n) is 13.4. The van der Waals surface area contributed by atoms with Crippen molar-refractivity contribution in [2.24, 2.45) is 5.41 Å². The molecular formula is C18H27N3O. The van der Waals surface area contributed by atoms with Gasteiger partial charge in [-0.25, -0.2) is 9.97 Å². The van der Waals surface area contributed by atoms with E-state index >= 15 is 0 Å². The lowest BCUT2D eigenvalue weighted by Crippen LogP contribution is -2.50. The van der Waals surface area contributed by atoms with Gasteiger partial charge in [0.25, 0.3) is 0 Å². The van der Waals surface area contributed by atoms with Crippen molar-refractivity contribution in [3.8, 4) is 0 Å². The summed E-state index contributed by atoms with van der Waals surface area (Å²) >= 11 is 0. The van der Waals surface area contributed by atoms with Gasteiger partial charge in [0, 0.05) is 49.0 Å². The third-order valence-electron chi connectivity index (χ3n) is 5.69. The highest BCUT2D eigenvalue weighted by molar-refractivity contribution is 5.10. The summed E-state index contributed by atoms with van der Waals surface area (Å²) in [4.78, 5) is 9.01. The van der Waals surface area contributed by atoms with E-state index in [1.54, 1.807) is 0 Å². The molecule has 4 nitrogen and oxygen atoms in total. The van der Waals surface area contributed by atoms with E-state index in [0.717, 1.165) is 25.5 Å². The van der Waals surface area contributed by atoms with E-state index in [2.05, 4.69) is 15.3 Å². The van der Waals surface area contributed by atoms with Crippen LogP contribution in [0.25, 0.3) is 0 Å². The lowest BCUT2D eigenvalue weighted by molar-refractivity contribution is -0.103. The molecule has 4 rings (SSSR count). The summed E-state index contributed by atoms with van der Waals surface area (Å²) in [6.07, 6.45) is 14.8. The van der Waals surface area contributed by atoms with Crippen LogP contribution in [0.3, 0.4) is 0 Å². The molecule has 120 valence electrons. The number of nitrogens with one attached hydrogen (secondary N) is 1. The topological polar surface area (TPSA) is 47.0 Å². The summed E-state index contributed by atoms with van der Waals surface area (Å²) in [5.74, 6) is 1.68. The minimum Gasteiger partial charge on any atom is -0.378 e. The summed E-state index contributed by atoms with van der Waals surface area (Å²) in [5.41, 5.74) is 1.60. The van der Waals surface area contributed by atoms with Crippen molar-refractivity contribution < 1.29 is 4.74 Å². The molecule has 22 heavy (non-hydrogen) atoms. The summed E-state index contributed by atoms with van der Waals surface area (Å²) in [5, 5.41) is 3.65. The van der Waals surface area contributed by atoms with Crippen LogP contribution in [-0.4, -0.2) is 29.2 Å². The van der Waals surface area contributed by atoms with Gasteiger partial charge in [0.2, 0.25) is 0 Å².